The van der Waals surface area contributed by atoms with Gasteiger partial charge in [-0.1, -0.05) is 0 Å². The topological polar surface area (TPSA) is 24.9 Å². The summed E-state index contributed by atoms with van der Waals surface area (Å²) >= 11 is 5.81. The van der Waals surface area contributed by atoms with Gasteiger partial charge in [0.25, 0.3) is 0 Å². The molecule has 0 amide bonds. The molecule has 1 saturated carbocycles. The Hall–Kier alpha value is -0.900. The van der Waals surface area contributed by atoms with Gasteiger partial charge in [0.05, 0.1) is 11.7 Å². The maximum absolute atomic E-state index is 13.3. The molecular formula is C10H11ClF2N2. The Bertz CT molecular complexity index is 361. The Morgan fingerprint density at radius 2 is 2.20 bits per heavy atom. The lowest BCUT2D eigenvalue weighted by Gasteiger charge is -2.41. The van der Waals surface area contributed by atoms with Crippen molar-refractivity contribution in [3.8, 4) is 0 Å². The third-order valence-electron chi connectivity index (χ3n) is 2.76. The first kappa shape index (κ1) is 10.6. The minimum absolute atomic E-state index is 0.0803. The zero-order valence-corrected chi connectivity index (χ0v) is 8.82. The van der Waals surface area contributed by atoms with Gasteiger partial charge in [-0.3, -0.25) is 0 Å². The normalized spacial score (nSPS) is 18.3. The Balaban J connectivity index is 2.16. The summed E-state index contributed by atoms with van der Waals surface area (Å²) < 4.78 is 25.9. The quantitative estimate of drug-likeness (QED) is 0.811. The van der Waals surface area contributed by atoms with Crippen LogP contribution in [0.25, 0.3) is 0 Å². The van der Waals surface area contributed by atoms with Gasteiger partial charge in [-0.05, 0) is 19.3 Å². The standard InChI is InChI=1S/C10H11ClF2N2/c11-6-10(2-1-3-10)15-9-8(13)4-7(12)5-14-9/h4-5H,1-3,6H2,(H,14,15). The molecule has 2 rings (SSSR count). The second-order valence-corrected chi connectivity index (χ2v) is 4.14. The Labute approximate surface area is 91.7 Å². The van der Waals surface area contributed by atoms with Crippen LogP contribution in [0.1, 0.15) is 19.3 Å². The second-order valence-electron chi connectivity index (χ2n) is 3.88. The van der Waals surface area contributed by atoms with Crippen LogP contribution in [0.4, 0.5) is 14.6 Å². The van der Waals surface area contributed by atoms with Crippen LogP contribution >= 0.6 is 11.6 Å². The third-order valence-corrected chi connectivity index (χ3v) is 3.27. The zero-order valence-electron chi connectivity index (χ0n) is 8.06. The first-order valence-corrected chi connectivity index (χ1v) is 5.34. The van der Waals surface area contributed by atoms with E-state index < -0.39 is 11.6 Å². The van der Waals surface area contributed by atoms with E-state index in [9.17, 15) is 8.78 Å². The molecule has 0 aromatic carbocycles. The molecule has 0 bridgehead atoms. The van der Waals surface area contributed by atoms with E-state index in [-0.39, 0.29) is 11.4 Å². The van der Waals surface area contributed by atoms with Gasteiger partial charge in [-0.15, -0.1) is 11.6 Å². The smallest absolute Gasteiger partial charge is 0.168 e. The molecule has 5 heteroatoms. The van der Waals surface area contributed by atoms with Crippen molar-refractivity contribution >= 4 is 17.4 Å². The number of pyridine rings is 1. The number of alkyl halides is 1. The summed E-state index contributed by atoms with van der Waals surface area (Å²) in [5.74, 6) is -0.861. The SMILES string of the molecule is Fc1cnc(NC2(CCl)CCC2)c(F)c1. The highest BCUT2D eigenvalue weighted by molar-refractivity contribution is 6.19. The lowest BCUT2D eigenvalue weighted by atomic mass is 9.78. The van der Waals surface area contributed by atoms with Crippen molar-refractivity contribution in [1.29, 1.82) is 0 Å². The number of rotatable bonds is 3. The molecule has 82 valence electrons. The van der Waals surface area contributed by atoms with Crippen molar-refractivity contribution in [3.63, 3.8) is 0 Å². The molecule has 1 aliphatic carbocycles. The summed E-state index contributed by atoms with van der Waals surface area (Å²) in [5, 5.41) is 2.95. The van der Waals surface area contributed by atoms with Gasteiger partial charge in [0.1, 0.15) is 5.82 Å². The van der Waals surface area contributed by atoms with E-state index >= 15 is 0 Å². The van der Waals surface area contributed by atoms with Crippen molar-refractivity contribution in [1.82, 2.24) is 4.98 Å². The molecule has 0 aliphatic heterocycles. The number of halogens is 3. The summed E-state index contributed by atoms with van der Waals surface area (Å²) in [7, 11) is 0. The molecule has 1 heterocycles. The number of nitrogens with one attached hydrogen (secondary N) is 1. The van der Waals surface area contributed by atoms with Gasteiger partial charge in [-0.2, -0.15) is 0 Å². The van der Waals surface area contributed by atoms with Crippen LogP contribution in [0.15, 0.2) is 12.3 Å². The fourth-order valence-corrected chi connectivity index (χ4v) is 1.99. The molecule has 2 nitrogen and oxygen atoms in total. The van der Waals surface area contributed by atoms with Gasteiger partial charge in [-0.25, -0.2) is 13.8 Å². The van der Waals surface area contributed by atoms with E-state index in [0.717, 1.165) is 31.5 Å². The van der Waals surface area contributed by atoms with Gasteiger partial charge in [0, 0.05) is 11.9 Å². The van der Waals surface area contributed by atoms with E-state index in [0.29, 0.717) is 5.88 Å². The summed E-state index contributed by atoms with van der Waals surface area (Å²) in [6, 6.07) is 0.815. The molecule has 1 fully saturated rings. The summed E-state index contributed by atoms with van der Waals surface area (Å²) in [4.78, 5) is 3.67. The Morgan fingerprint density at radius 3 is 2.67 bits per heavy atom. The monoisotopic (exact) mass is 232 g/mol. The molecule has 0 saturated heterocycles. The zero-order chi connectivity index (χ0) is 10.9. The first-order chi connectivity index (χ1) is 7.15. The molecule has 15 heavy (non-hydrogen) atoms. The predicted molar refractivity (Wildman–Crippen MR) is 55.1 cm³/mol. The Morgan fingerprint density at radius 1 is 1.47 bits per heavy atom. The van der Waals surface area contributed by atoms with Gasteiger partial charge < -0.3 is 5.32 Å². The first-order valence-electron chi connectivity index (χ1n) is 4.80. The van der Waals surface area contributed by atoms with Gasteiger partial charge >= 0.3 is 0 Å². The molecule has 1 aromatic heterocycles. The third kappa shape index (κ3) is 2.04. The summed E-state index contributed by atoms with van der Waals surface area (Å²) in [6.07, 6.45) is 3.86. The van der Waals surface area contributed by atoms with Crippen LogP contribution in [-0.4, -0.2) is 16.4 Å². The molecular weight excluding hydrogens is 222 g/mol. The van der Waals surface area contributed by atoms with E-state index in [1.54, 1.807) is 0 Å². The largest absolute Gasteiger partial charge is 0.361 e. The number of hydrogen-bond donors (Lipinski definition) is 1. The fraction of sp³-hybridized carbons (Fsp3) is 0.500. The number of aromatic nitrogens is 1. The predicted octanol–water partition coefficient (Wildman–Crippen LogP) is 2.93. The molecule has 1 N–H and O–H groups in total. The van der Waals surface area contributed by atoms with Crippen molar-refractivity contribution < 1.29 is 8.78 Å². The van der Waals surface area contributed by atoms with E-state index in [2.05, 4.69) is 10.3 Å². The van der Waals surface area contributed by atoms with Crippen LogP contribution in [0, 0.1) is 11.6 Å². The van der Waals surface area contributed by atoms with E-state index in [1.807, 2.05) is 0 Å². The molecule has 0 radical (unpaired) electrons. The molecule has 0 atom stereocenters. The summed E-state index contributed by atoms with van der Waals surface area (Å²) in [5.41, 5.74) is -0.257. The average molecular weight is 233 g/mol. The van der Waals surface area contributed by atoms with Gasteiger partial charge in [0.2, 0.25) is 0 Å². The maximum atomic E-state index is 13.3. The maximum Gasteiger partial charge on any atom is 0.168 e. The van der Waals surface area contributed by atoms with Crippen LogP contribution in [0.3, 0.4) is 0 Å². The molecule has 1 aromatic rings. The Kier molecular flexibility index (Phi) is 2.78. The van der Waals surface area contributed by atoms with Crippen molar-refractivity contribution in [3.05, 3.63) is 23.9 Å². The van der Waals surface area contributed by atoms with Crippen LogP contribution in [0.2, 0.25) is 0 Å². The molecule has 0 unspecified atom stereocenters. The van der Waals surface area contributed by atoms with E-state index in [1.165, 1.54) is 0 Å². The van der Waals surface area contributed by atoms with Crippen molar-refractivity contribution in [2.24, 2.45) is 0 Å². The number of nitrogens with zero attached hydrogens (tertiary/aromatic N) is 1. The second kappa shape index (κ2) is 3.93. The summed E-state index contributed by atoms with van der Waals surface area (Å²) in [6.45, 7) is 0. The van der Waals surface area contributed by atoms with E-state index in [4.69, 9.17) is 11.6 Å². The fourth-order valence-electron chi connectivity index (χ4n) is 1.65. The van der Waals surface area contributed by atoms with Gasteiger partial charge in [0.15, 0.2) is 11.6 Å². The van der Waals surface area contributed by atoms with Crippen molar-refractivity contribution in [2.45, 2.75) is 24.8 Å². The number of hydrogen-bond acceptors (Lipinski definition) is 2. The molecule has 0 spiro atoms. The van der Waals surface area contributed by atoms with Crippen LogP contribution in [-0.2, 0) is 0 Å². The molecule has 1 aliphatic rings. The number of anilines is 1. The highest BCUT2D eigenvalue weighted by Gasteiger charge is 2.36. The minimum atomic E-state index is -0.675. The average Bonchev–Trinajstić information content (AvgIpc) is 2.14. The van der Waals surface area contributed by atoms with Crippen molar-refractivity contribution in [2.75, 3.05) is 11.2 Å². The highest BCUT2D eigenvalue weighted by Crippen LogP contribution is 2.36. The lowest BCUT2D eigenvalue weighted by molar-refractivity contribution is 0.308. The van der Waals surface area contributed by atoms with Crippen LogP contribution < -0.4 is 5.32 Å². The highest BCUT2D eigenvalue weighted by atomic mass is 35.5. The lowest BCUT2D eigenvalue weighted by Crippen LogP contribution is -2.47. The van der Waals surface area contributed by atoms with Crippen LogP contribution in [0.5, 0.6) is 0 Å². The minimum Gasteiger partial charge on any atom is -0.361 e.